The van der Waals surface area contributed by atoms with Crippen LogP contribution in [0.1, 0.15) is 30.9 Å². The summed E-state index contributed by atoms with van der Waals surface area (Å²) < 4.78 is 5.76. The van der Waals surface area contributed by atoms with E-state index in [9.17, 15) is 9.90 Å². The number of phenolic OH excluding ortho intramolecular Hbond substituents is 1. The fourth-order valence-corrected chi connectivity index (χ4v) is 2.18. The van der Waals surface area contributed by atoms with Crippen LogP contribution in [0.15, 0.2) is 42.5 Å². The van der Waals surface area contributed by atoms with Gasteiger partial charge >= 0.3 is 0 Å². The molecule has 1 N–H and O–H groups in total. The molecule has 0 bridgehead atoms. The molecule has 0 atom stereocenters. The molecular weight excluding hydrogens is 288 g/mol. The third-order valence-electron chi connectivity index (χ3n) is 3.12. The number of ether oxygens (including phenoxy) is 1. The van der Waals surface area contributed by atoms with Gasteiger partial charge in [0.25, 0.3) is 0 Å². The Bertz CT molecular complexity index is 633. The molecule has 2 aromatic rings. The monoisotopic (exact) mass is 304 g/mol. The van der Waals surface area contributed by atoms with Gasteiger partial charge in [0.05, 0.1) is 0 Å². The van der Waals surface area contributed by atoms with Crippen LogP contribution in [0.3, 0.4) is 0 Å². The molecule has 110 valence electrons. The van der Waals surface area contributed by atoms with Crippen LogP contribution in [0.25, 0.3) is 0 Å². The third-order valence-corrected chi connectivity index (χ3v) is 3.26. The SMILES string of the molecule is CC(C)c1cc(Oc2ccc(CC(=O)Cl)cc2)ccc1O. The van der Waals surface area contributed by atoms with Gasteiger partial charge in [0, 0.05) is 12.0 Å². The lowest BCUT2D eigenvalue weighted by Gasteiger charge is -2.12. The van der Waals surface area contributed by atoms with Crippen molar-refractivity contribution < 1.29 is 14.6 Å². The van der Waals surface area contributed by atoms with Crippen molar-refractivity contribution in [1.29, 1.82) is 0 Å². The summed E-state index contributed by atoms with van der Waals surface area (Å²) in [6, 6.07) is 12.4. The number of halogens is 1. The Morgan fingerprint density at radius 2 is 1.76 bits per heavy atom. The Kier molecular flexibility index (Phi) is 4.86. The maximum absolute atomic E-state index is 10.8. The van der Waals surface area contributed by atoms with Crippen LogP contribution >= 0.6 is 11.6 Å². The quantitative estimate of drug-likeness (QED) is 0.820. The molecule has 0 aliphatic heterocycles. The maximum atomic E-state index is 10.8. The van der Waals surface area contributed by atoms with E-state index < -0.39 is 0 Å². The van der Waals surface area contributed by atoms with Crippen molar-refractivity contribution in [2.45, 2.75) is 26.2 Å². The summed E-state index contributed by atoms with van der Waals surface area (Å²) in [5.74, 6) is 1.82. The first-order chi connectivity index (χ1) is 9.95. The van der Waals surface area contributed by atoms with E-state index >= 15 is 0 Å². The first-order valence-corrected chi connectivity index (χ1v) is 7.11. The van der Waals surface area contributed by atoms with Crippen LogP contribution in [-0.2, 0) is 11.2 Å². The summed E-state index contributed by atoms with van der Waals surface area (Å²) in [6.45, 7) is 4.02. The van der Waals surface area contributed by atoms with Gasteiger partial charge in [-0.3, -0.25) is 4.79 Å². The molecule has 2 rings (SSSR count). The van der Waals surface area contributed by atoms with Crippen molar-refractivity contribution in [1.82, 2.24) is 0 Å². The highest BCUT2D eigenvalue weighted by Crippen LogP contribution is 2.31. The molecule has 0 unspecified atom stereocenters. The van der Waals surface area contributed by atoms with E-state index in [0.717, 1.165) is 11.1 Å². The van der Waals surface area contributed by atoms with Gasteiger partial charge in [-0.15, -0.1) is 0 Å². The Morgan fingerprint density at radius 3 is 2.33 bits per heavy atom. The predicted octanol–water partition coefficient (Wildman–Crippen LogP) is 4.62. The lowest BCUT2D eigenvalue weighted by molar-refractivity contribution is -0.111. The van der Waals surface area contributed by atoms with Gasteiger partial charge in [0.15, 0.2) is 0 Å². The minimum absolute atomic E-state index is 0.207. The van der Waals surface area contributed by atoms with Crippen LogP contribution in [0.2, 0.25) is 0 Å². The highest BCUT2D eigenvalue weighted by atomic mass is 35.5. The van der Waals surface area contributed by atoms with Crippen LogP contribution in [0.5, 0.6) is 17.2 Å². The van der Waals surface area contributed by atoms with Crippen LogP contribution < -0.4 is 4.74 Å². The zero-order chi connectivity index (χ0) is 15.4. The molecule has 3 nitrogen and oxygen atoms in total. The standard InChI is InChI=1S/C17H17ClO3/c1-11(2)15-10-14(7-8-16(15)19)21-13-5-3-12(4-6-13)9-17(18)20/h3-8,10-11,19H,9H2,1-2H3. The summed E-state index contributed by atoms with van der Waals surface area (Å²) in [5.41, 5.74) is 1.69. The van der Waals surface area contributed by atoms with Gasteiger partial charge in [0.1, 0.15) is 17.2 Å². The Hall–Kier alpha value is -2.00. The first-order valence-electron chi connectivity index (χ1n) is 6.73. The molecule has 0 saturated heterocycles. The number of carbonyl (C=O) groups is 1. The zero-order valence-corrected chi connectivity index (χ0v) is 12.7. The lowest BCUT2D eigenvalue weighted by atomic mass is 10.0. The van der Waals surface area contributed by atoms with E-state index in [-0.39, 0.29) is 23.3 Å². The van der Waals surface area contributed by atoms with Crippen molar-refractivity contribution in [2.75, 3.05) is 0 Å². The smallest absolute Gasteiger partial charge is 0.226 e. The second kappa shape index (κ2) is 6.64. The molecule has 0 aromatic heterocycles. The molecule has 0 fully saturated rings. The molecular formula is C17H17ClO3. The molecule has 0 aliphatic carbocycles. The Morgan fingerprint density at radius 1 is 1.14 bits per heavy atom. The Balaban J connectivity index is 2.14. The second-order valence-electron chi connectivity index (χ2n) is 5.15. The minimum atomic E-state index is -0.385. The molecule has 2 aromatic carbocycles. The molecule has 0 amide bonds. The maximum Gasteiger partial charge on any atom is 0.226 e. The van der Waals surface area contributed by atoms with Gasteiger partial charge in [-0.25, -0.2) is 0 Å². The van der Waals surface area contributed by atoms with Gasteiger partial charge in [-0.05, 0) is 53.4 Å². The van der Waals surface area contributed by atoms with Gasteiger partial charge in [-0.2, -0.15) is 0 Å². The summed E-state index contributed by atoms with van der Waals surface area (Å²) >= 11 is 5.35. The molecule has 0 aliphatic rings. The van der Waals surface area contributed by atoms with Crippen molar-refractivity contribution in [3.63, 3.8) is 0 Å². The summed E-state index contributed by atoms with van der Waals surface area (Å²) in [6.07, 6.45) is 0.207. The molecule has 0 saturated carbocycles. The van der Waals surface area contributed by atoms with Crippen molar-refractivity contribution in [3.05, 3.63) is 53.6 Å². The topological polar surface area (TPSA) is 46.5 Å². The number of benzene rings is 2. The fourth-order valence-electron chi connectivity index (χ4n) is 2.03. The molecule has 4 heteroatoms. The molecule has 0 radical (unpaired) electrons. The lowest BCUT2D eigenvalue weighted by Crippen LogP contribution is -1.94. The highest BCUT2D eigenvalue weighted by Gasteiger charge is 2.08. The average molecular weight is 305 g/mol. The van der Waals surface area contributed by atoms with E-state index in [1.54, 1.807) is 36.4 Å². The fraction of sp³-hybridized carbons (Fsp3) is 0.235. The minimum Gasteiger partial charge on any atom is -0.508 e. The van der Waals surface area contributed by atoms with E-state index in [2.05, 4.69) is 0 Å². The van der Waals surface area contributed by atoms with Gasteiger partial charge < -0.3 is 9.84 Å². The zero-order valence-electron chi connectivity index (χ0n) is 12.0. The van der Waals surface area contributed by atoms with Crippen LogP contribution in [0, 0.1) is 0 Å². The summed E-state index contributed by atoms with van der Waals surface area (Å²) in [7, 11) is 0. The third kappa shape index (κ3) is 4.23. The van der Waals surface area contributed by atoms with E-state index in [1.807, 2.05) is 19.9 Å². The van der Waals surface area contributed by atoms with Crippen molar-refractivity contribution in [3.8, 4) is 17.2 Å². The first kappa shape index (κ1) is 15.4. The van der Waals surface area contributed by atoms with E-state index in [4.69, 9.17) is 16.3 Å². The number of aromatic hydroxyl groups is 1. The normalized spacial score (nSPS) is 10.7. The Labute approximate surface area is 129 Å². The highest BCUT2D eigenvalue weighted by molar-refractivity contribution is 6.63. The average Bonchev–Trinajstić information content (AvgIpc) is 2.42. The molecule has 0 spiro atoms. The van der Waals surface area contributed by atoms with E-state index in [1.165, 1.54) is 0 Å². The van der Waals surface area contributed by atoms with Crippen molar-refractivity contribution >= 4 is 16.8 Å². The van der Waals surface area contributed by atoms with Crippen LogP contribution in [-0.4, -0.2) is 10.3 Å². The predicted molar refractivity (Wildman–Crippen MR) is 83.3 cm³/mol. The summed E-state index contributed by atoms with van der Waals surface area (Å²) in [4.78, 5) is 10.8. The number of rotatable bonds is 5. The molecule has 21 heavy (non-hydrogen) atoms. The van der Waals surface area contributed by atoms with Gasteiger partial charge in [0.2, 0.25) is 5.24 Å². The number of hydrogen-bond acceptors (Lipinski definition) is 3. The van der Waals surface area contributed by atoms with Crippen molar-refractivity contribution in [2.24, 2.45) is 0 Å². The molecule has 0 heterocycles. The number of phenols is 1. The second-order valence-corrected chi connectivity index (χ2v) is 5.57. The summed E-state index contributed by atoms with van der Waals surface area (Å²) in [5, 5.41) is 9.41. The largest absolute Gasteiger partial charge is 0.508 e. The van der Waals surface area contributed by atoms with E-state index in [0.29, 0.717) is 11.5 Å². The van der Waals surface area contributed by atoms with Crippen LogP contribution in [0.4, 0.5) is 0 Å². The number of hydrogen-bond donors (Lipinski definition) is 1. The van der Waals surface area contributed by atoms with Gasteiger partial charge in [-0.1, -0.05) is 26.0 Å². The number of carbonyl (C=O) groups excluding carboxylic acids is 1.